The van der Waals surface area contributed by atoms with Crippen molar-refractivity contribution in [1.82, 2.24) is 16.0 Å². The summed E-state index contributed by atoms with van der Waals surface area (Å²) in [6, 6.07) is 12.7. The highest BCUT2D eigenvalue weighted by molar-refractivity contribution is 5.94. The van der Waals surface area contributed by atoms with Gasteiger partial charge >= 0.3 is 11.9 Å². The Hall–Kier alpha value is -4.78. The molecular weight excluding hydrogens is 534 g/mol. The van der Waals surface area contributed by atoms with Crippen LogP contribution in [0.3, 0.4) is 0 Å². The number of nitrogens with one attached hydrogen (secondary N) is 3. The number of rotatable bonds is 17. The molecule has 0 saturated heterocycles. The number of carboxylic acids is 2. The van der Waals surface area contributed by atoms with Crippen molar-refractivity contribution in [2.75, 3.05) is 0 Å². The van der Waals surface area contributed by atoms with E-state index in [-0.39, 0.29) is 25.7 Å². The monoisotopic (exact) mass is 569 g/mol. The van der Waals surface area contributed by atoms with E-state index >= 15 is 0 Å². The fraction of sp³-hybridized carbons (Fsp3) is 0.357. The molecule has 0 aromatic heterocycles. The first kappa shape index (κ1) is 32.4. The van der Waals surface area contributed by atoms with Crippen molar-refractivity contribution < 1.29 is 39.0 Å². The predicted molar refractivity (Wildman–Crippen MR) is 147 cm³/mol. The van der Waals surface area contributed by atoms with Crippen LogP contribution in [0.15, 0.2) is 60.7 Å². The first-order valence-electron chi connectivity index (χ1n) is 12.9. The van der Waals surface area contributed by atoms with Gasteiger partial charge in [0.15, 0.2) is 0 Å². The number of primary amides is 1. The van der Waals surface area contributed by atoms with Gasteiger partial charge in [0.25, 0.3) is 0 Å². The third kappa shape index (κ3) is 11.9. The van der Waals surface area contributed by atoms with Gasteiger partial charge in [0.2, 0.25) is 23.6 Å². The standard InChI is InChI=1S/C28H35N5O8/c29-19(15-17-7-3-1-4-8-17)25(37)33-22(16-18-9-5-2-6-10-18)27(39)31-20(11-13-23(30)34)26(38)32-21(28(40)41)12-14-24(35)36/h1-10,19-22H,11-16,29H2,(H2,30,34)(H,31,39)(H,32,38)(H,33,37)(H,35,36)(H,40,41). The van der Waals surface area contributed by atoms with Crippen molar-refractivity contribution in [3.8, 4) is 0 Å². The van der Waals surface area contributed by atoms with Crippen LogP contribution in [0.5, 0.6) is 0 Å². The molecular formula is C28H35N5O8. The van der Waals surface area contributed by atoms with E-state index in [0.29, 0.717) is 5.56 Å². The lowest BCUT2D eigenvalue weighted by atomic mass is 10.0. The second-order valence-corrected chi connectivity index (χ2v) is 9.45. The molecule has 0 heterocycles. The highest BCUT2D eigenvalue weighted by Crippen LogP contribution is 2.08. The number of amides is 4. The summed E-state index contributed by atoms with van der Waals surface area (Å²) in [7, 11) is 0. The zero-order valence-corrected chi connectivity index (χ0v) is 22.3. The van der Waals surface area contributed by atoms with Crippen LogP contribution in [0.2, 0.25) is 0 Å². The van der Waals surface area contributed by atoms with E-state index in [4.69, 9.17) is 16.6 Å². The maximum absolute atomic E-state index is 13.4. The average molecular weight is 570 g/mol. The maximum Gasteiger partial charge on any atom is 0.326 e. The molecule has 4 amide bonds. The zero-order chi connectivity index (χ0) is 30.4. The van der Waals surface area contributed by atoms with E-state index in [2.05, 4.69) is 16.0 Å². The number of carboxylic acid groups (broad SMARTS) is 2. The van der Waals surface area contributed by atoms with Gasteiger partial charge in [0, 0.05) is 19.3 Å². The molecule has 13 heteroatoms. The Balaban J connectivity index is 2.22. The molecule has 0 aliphatic heterocycles. The van der Waals surface area contributed by atoms with Crippen LogP contribution >= 0.6 is 0 Å². The number of benzene rings is 2. The molecule has 2 aromatic rings. The molecule has 41 heavy (non-hydrogen) atoms. The lowest BCUT2D eigenvalue weighted by Gasteiger charge is -2.25. The van der Waals surface area contributed by atoms with E-state index < -0.39 is 72.6 Å². The minimum atomic E-state index is -1.55. The van der Waals surface area contributed by atoms with Crippen LogP contribution in [0.25, 0.3) is 0 Å². The van der Waals surface area contributed by atoms with Crippen molar-refractivity contribution in [1.29, 1.82) is 0 Å². The number of hydrogen-bond donors (Lipinski definition) is 7. The molecule has 0 spiro atoms. The topological polar surface area (TPSA) is 231 Å². The van der Waals surface area contributed by atoms with Gasteiger partial charge in [-0.25, -0.2) is 4.79 Å². The zero-order valence-electron chi connectivity index (χ0n) is 22.3. The molecule has 0 radical (unpaired) electrons. The lowest BCUT2D eigenvalue weighted by molar-refractivity contribution is -0.143. The van der Waals surface area contributed by atoms with Crippen molar-refractivity contribution in [2.24, 2.45) is 11.5 Å². The Kier molecular flexibility index (Phi) is 12.9. The SMILES string of the molecule is NC(=O)CCC(NC(=O)C(Cc1ccccc1)NC(=O)C(N)Cc1ccccc1)C(=O)NC(CCC(=O)O)C(=O)O. The molecule has 13 nitrogen and oxygen atoms in total. The van der Waals surface area contributed by atoms with Crippen molar-refractivity contribution in [2.45, 2.75) is 62.7 Å². The average Bonchev–Trinajstić information content (AvgIpc) is 2.93. The molecule has 0 saturated carbocycles. The third-order valence-corrected chi connectivity index (χ3v) is 6.12. The lowest BCUT2D eigenvalue weighted by Crippen LogP contribution is -2.58. The van der Waals surface area contributed by atoms with Gasteiger partial charge < -0.3 is 37.6 Å². The molecule has 0 fully saturated rings. The van der Waals surface area contributed by atoms with Crippen LogP contribution in [0.1, 0.15) is 36.8 Å². The van der Waals surface area contributed by atoms with E-state index in [9.17, 15) is 33.9 Å². The van der Waals surface area contributed by atoms with Gasteiger partial charge in [-0.15, -0.1) is 0 Å². The van der Waals surface area contributed by atoms with Crippen LogP contribution < -0.4 is 27.4 Å². The van der Waals surface area contributed by atoms with Crippen LogP contribution in [-0.2, 0) is 41.6 Å². The number of aliphatic carboxylic acids is 2. The van der Waals surface area contributed by atoms with Crippen molar-refractivity contribution in [3.05, 3.63) is 71.8 Å². The Morgan fingerprint density at radius 3 is 1.61 bits per heavy atom. The molecule has 4 unspecified atom stereocenters. The highest BCUT2D eigenvalue weighted by Gasteiger charge is 2.31. The van der Waals surface area contributed by atoms with E-state index in [0.717, 1.165) is 5.56 Å². The van der Waals surface area contributed by atoms with Gasteiger partial charge in [-0.3, -0.25) is 24.0 Å². The molecule has 9 N–H and O–H groups in total. The number of hydrogen-bond acceptors (Lipinski definition) is 7. The largest absolute Gasteiger partial charge is 0.481 e. The van der Waals surface area contributed by atoms with E-state index in [1.165, 1.54) is 0 Å². The fourth-order valence-electron chi connectivity index (χ4n) is 3.92. The van der Waals surface area contributed by atoms with Crippen LogP contribution in [0, 0.1) is 0 Å². The minimum absolute atomic E-state index is 0.0387. The Morgan fingerprint density at radius 2 is 1.10 bits per heavy atom. The summed E-state index contributed by atoms with van der Waals surface area (Å²) in [6.45, 7) is 0. The summed E-state index contributed by atoms with van der Waals surface area (Å²) in [5.74, 6) is -5.84. The van der Waals surface area contributed by atoms with Crippen molar-refractivity contribution >= 4 is 35.6 Å². The van der Waals surface area contributed by atoms with E-state index in [1.807, 2.05) is 18.2 Å². The molecule has 220 valence electrons. The van der Waals surface area contributed by atoms with Gasteiger partial charge in [-0.1, -0.05) is 60.7 Å². The van der Waals surface area contributed by atoms with Crippen LogP contribution in [-0.4, -0.2) is 69.9 Å². The minimum Gasteiger partial charge on any atom is -0.481 e. The fourth-order valence-corrected chi connectivity index (χ4v) is 3.92. The summed E-state index contributed by atoms with van der Waals surface area (Å²) in [6.07, 6.45) is -1.26. The molecule has 2 rings (SSSR count). The molecule has 2 aromatic carbocycles. The summed E-state index contributed by atoms with van der Waals surface area (Å²) in [4.78, 5) is 73.2. The molecule has 0 aliphatic carbocycles. The smallest absolute Gasteiger partial charge is 0.326 e. The maximum atomic E-state index is 13.4. The molecule has 4 atom stereocenters. The van der Waals surface area contributed by atoms with Gasteiger partial charge in [0.1, 0.15) is 18.1 Å². The Bertz CT molecular complexity index is 1210. The first-order chi connectivity index (χ1) is 19.5. The van der Waals surface area contributed by atoms with E-state index in [1.54, 1.807) is 42.5 Å². The first-order valence-corrected chi connectivity index (χ1v) is 12.9. The Labute approximate surface area is 236 Å². The van der Waals surface area contributed by atoms with Gasteiger partial charge in [-0.05, 0) is 30.4 Å². The highest BCUT2D eigenvalue weighted by atomic mass is 16.4. The number of carbonyl (C=O) groups is 6. The second kappa shape index (κ2) is 16.4. The van der Waals surface area contributed by atoms with Crippen molar-refractivity contribution in [3.63, 3.8) is 0 Å². The summed E-state index contributed by atoms with van der Waals surface area (Å²) in [5, 5.41) is 25.6. The molecule has 0 bridgehead atoms. The number of carbonyl (C=O) groups excluding carboxylic acids is 4. The van der Waals surface area contributed by atoms with Gasteiger partial charge in [-0.2, -0.15) is 0 Å². The summed E-state index contributed by atoms with van der Waals surface area (Å²) in [5.41, 5.74) is 12.8. The Morgan fingerprint density at radius 1 is 0.634 bits per heavy atom. The quantitative estimate of drug-likeness (QED) is 0.130. The predicted octanol–water partition coefficient (Wildman–Crippen LogP) is -0.532. The normalized spacial score (nSPS) is 13.6. The molecule has 0 aliphatic rings. The number of nitrogens with two attached hydrogens (primary N) is 2. The van der Waals surface area contributed by atoms with Gasteiger partial charge in [0.05, 0.1) is 6.04 Å². The summed E-state index contributed by atoms with van der Waals surface area (Å²) < 4.78 is 0. The third-order valence-electron chi connectivity index (χ3n) is 6.12. The second-order valence-electron chi connectivity index (χ2n) is 9.45. The summed E-state index contributed by atoms with van der Waals surface area (Å²) >= 11 is 0. The van der Waals surface area contributed by atoms with Crippen LogP contribution in [0.4, 0.5) is 0 Å².